The second-order valence-electron chi connectivity index (χ2n) is 4.84. The van der Waals surface area contributed by atoms with Crippen LogP contribution in [0.15, 0.2) is 5.16 Å². The number of hydrogen-bond donors (Lipinski definition) is 2. The molecule has 118 valence electrons. The number of nitrogens with two attached hydrogens (primary N) is 1. The van der Waals surface area contributed by atoms with E-state index in [1.807, 2.05) is 0 Å². The Balaban J connectivity index is 5.44. The molecule has 0 unspecified atom stereocenters. The van der Waals surface area contributed by atoms with Crippen LogP contribution in [0.2, 0.25) is 0 Å². The van der Waals surface area contributed by atoms with Crippen molar-refractivity contribution in [3.05, 3.63) is 0 Å². The number of halogens is 3. The zero-order chi connectivity index (χ0) is 16.0. The number of amides is 1. The van der Waals surface area contributed by atoms with E-state index in [1.165, 1.54) is 0 Å². The lowest BCUT2D eigenvalue weighted by atomic mass is 9.76. The Labute approximate surface area is 116 Å². The number of oxime groups is 1. The summed E-state index contributed by atoms with van der Waals surface area (Å²) >= 11 is 0. The van der Waals surface area contributed by atoms with Gasteiger partial charge < -0.3 is 15.8 Å². The Kier molecular flexibility index (Phi) is 6.81. The van der Waals surface area contributed by atoms with E-state index in [0.717, 1.165) is 7.05 Å². The number of alkyl halides is 3. The Morgan fingerprint density at radius 2 is 1.70 bits per heavy atom. The molecule has 0 aliphatic rings. The van der Waals surface area contributed by atoms with Crippen LogP contribution in [-0.2, 0) is 4.79 Å². The van der Waals surface area contributed by atoms with Crippen LogP contribution in [0, 0.1) is 5.41 Å². The molecule has 0 aromatic carbocycles. The van der Waals surface area contributed by atoms with Gasteiger partial charge in [0, 0.05) is 7.05 Å². The molecule has 0 saturated heterocycles. The molecule has 0 bridgehead atoms. The second kappa shape index (κ2) is 7.35. The van der Waals surface area contributed by atoms with Gasteiger partial charge in [-0.25, -0.2) is 0 Å². The van der Waals surface area contributed by atoms with Crippen molar-refractivity contribution in [3.8, 4) is 0 Å². The molecule has 3 N–H and O–H groups in total. The average Bonchev–Trinajstić information content (AvgIpc) is 2.34. The molecule has 0 atom stereocenters. The largest absolute Gasteiger partial charge is 0.409 e. The Bertz CT molecular complexity index is 350. The van der Waals surface area contributed by atoms with Crippen molar-refractivity contribution in [2.45, 2.75) is 45.7 Å². The molecule has 0 heterocycles. The number of carbonyl (C=O) groups is 1. The molecular formula is C12H22F3N3O2. The molecule has 0 saturated carbocycles. The molecule has 0 spiro atoms. The second-order valence-corrected chi connectivity index (χ2v) is 4.84. The van der Waals surface area contributed by atoms with E-state index in [2.05, 4.69) is 5.16 Å². The number of nitrogens with zero attached hydrogens (tertiary/aromatic N) is 2. The summed E-state index contributed by atoms with van der Waals surface area (Å²) in [5.41, 5.74) is 4.22. The van der Waals surface area contributed by atoms with Crippen molar-refractivity contribution in [1.29, 1.82) is 0 Å². The molecule has 5 nitrogen and oxygen atoms in total. The molecule has 0 aliphatic heterocycles. The Morgan fingerprint density at radius 1 is 1.25 bits per heavy atom. The van der Waals surface area contributed by atoms with Crippen LogP contribution in [0.1, 0.15) is 39.5 Å². The van der Waals surface area contributed by atoms with Crippen molar-refractivity contribution < 1.29 is 23.2 Å². The third-order valence-electron chi connectivity index (χ3n) is 3.12. The SMILES string of the molecule is CCCC(CCC)(C(=O)N(C)CC(F)(F)F)C(N)=NO. The van der Waals surface area contributed by atoms with E-state index < -0.39 is 24.0 Å². The van der Waals surface area contributed by atoms with Crippen LogP contribution in [0.4, 0.5) is 13.2 Å². The van der Waals surface area contributed by atoms with E-state index >= 15 is 0 Å². The van der Waals surface area contributed by atoms with E-state index in [4.69, 9.17) is 10.9 Å². The van der Waals surface area contributed by atoms with Gasteiger partial charge in [-0.15, -0.1) is 0 Å². The van der Waals surface area contributed by atoms with Crippen LogP contribution in [0.5, 0.6) is 0 Å². The number of rotatable bonds is 7. The lowest BCUT2D eigenvalue weighted by molar-refractivity contribution is -0.163. The molecule has 20 heavy (non-hydrogen) atoms. The maximum absolute atomic E-state index is 12.4. The van der Waals surface area contributed by atoms with Gasteiger partial charge in [-0.3, -0.25) is 4.79 Å². The summed E-state index contributed by atoms with van der Waals surface area (Å²) in [7, 11) is 1.07. The van der Waals surface area contributed by atoms with Crippen LogP contribution in [0.25, 0.3) is 0 Å². The third-order valence-corrected chi connectivity index (χ3v) is 3.12. The zero-order valence-corrected chi connectivity index (χ0v) is 12.0. The van der Waals surface area contributed by atoms with Gasteiger partial charge >= 0.3 is 6.18 Å². The van der Waals surface area contributed by atoms with E-state index in [1.54, 1.807) is 13.8 Å². The summed E-state index contributed by atoms with van der Waals surface area (Å²) < 4.78 is 37.2. The van der Waals surface area contributed by atoms with Gasteiger partial charge in [-0.2, -0.15) is 13.2 Å². The van der Waals surface area contributed by atoms with Gasteiger partial charge in [0.1, 0.15) is 12.0 Å². The van der Waals surface area contributed by atoms with Crippen molar-refractivity contribution in [2.24, 2.45) is 16.3 Å². The maximum Gasteiger partial charge on any atom is 0.406 e. The molecule has 0 aliphatic carbocycles. The molecule has 1 amide bonds. The maximum atomic E-state index is 12.4. The first-order valence-electron chi connectivity index (χ1n) is 6.45. The topological polar surface area (TPSA) is 78.9 Å². The summed E-state index contributed by atoms with van der Waals surface area (Å²) in [6, 6.07) is 0. The summed E-state index contributed by atoms with van der Waals surface area (Å²) in [6.07, 6.45) is -2.96. The normalized spacial score (nSPS) is 13.4. The Hall–Kier alpha value is -1.47. The van der Waals surface area contributed by atoms with Crippen LogP contribution < -0.4 is 5.73 Å². The predicted octanol–water partition coefficient (Wildman–Crippen LogP) is 2.34. The molecule has 0 fully saturated rings. The van der Waals surface area contributed by atoms with Gasteiger partial charge in [0.25, 0.3) is 0 Å². The first-order chi connectivity index (χ1) is 9.14. The first-order valence-corrected chi connectivity index (χ1v) is 6.45. The first kappa shape index (κ1) is 18.5. The molecule has 0 radical (unpaired) electrons. The summed E-state index contributed by atoms with van der Waals surface area (Å²) in [5, 5.41) is 11.7. The summed E-state index contributed by atoms with van der Waals surface area (Å²) in [5.74, 6) is -1.10. The van der Waals surface area contributed by atoms with E-state index in [9.17, 15) is 18.0 Å². The highest BCUT2D eigenvalue weighted by Gasteiger charge is 2.45. The highest BCUT2D eigenvalue weighted by molar-refractivity contribution is 6.06. The highest BCUT2D eigenvalue weighted by atomic mass is 19.4. The van der Waals surface area contributed by atoms with E-state index in [-0.39, 0.29) is 18.7 Å². The van der Waals surface area contributed by atoms with Crippen LogP contribution in [0.3, 0.4) is 0 Å². The van der Waals surface area contributed by atoms with Gasteiger partial charge in [0.2, 0.25) is 5.91 Å². The fourth-order valence-corrected chi connectivity index (χ4v) is 2.36. The number of carbonyl (C=O) groups excluding carboxylic acids is 1. The van der Waals surface area contributed by atoms with Crippen LogP contribution in [-0.4, -0.2) is 41.6 Å². The number of amidine groups is 1. The molecule has 0 aromatic rings. The van der Waals surface area contributed by atoms with Crippen molar-refractivity contribution in [2.75, 3.05) is 13.6 Å². The van der Waals surface area contributed by atoms with Crippen molar-refractivity contribution >= 4 is 11.7 Å². The predicted molar refractivity (Wildman–Crippen MR) is 69.3 cm³/mol. The fourth-order valence-electron chi connectivity index (χ4n) is 2.36. The average molecular weight is 297 g/mol. The van der Waals surface area contributed by atoms with Crippen molar-refractivity contribution in [3.63, 3.8) is 0 Å². The molecule has 0 rings (SSSR count). The van der Waals surface area contributed by atoms with Gasteiger partial charge in [-0.05, 0) is 12.8 Å². The van der Waals surface area contributed by atoms with Gasteiger partial charge in [-0.1, -0.05) is 31.8 Å². The Morgan fingerprint density at radius 3 is 2.00 bits per heavy atom. The smallest absolute Gasteiger partial charge is 0.406 e. The van der Waals surface area contributed by atoms with E-state index in [0.29, 0.717) is 17.7 Å². The minimum atomic E-state index is -4.49. The molecule has 8 heteroatoms. The standard InChI is InChI=1S/C12H22F3N3O2/c1-4-6-11(7-5-2,9(16)17-20)10(19)18(3)8-12(13,14)15/h20H,4-8H2,1-3H3,(H2,16,17). The highest BCUT2D eigenvalue weighted by Crippen LogP contribution is 2.33. The summed E-state index contributed by atoms with van der Waals surface area (Å²) in [6.45, 7) is 2.21. The summed E-state index contributed by atoms with van der Waals surface area (Å²) in [4.78, 5) is 13.0. The molecule has 0 aromatic heterocycles. The third kappa shape index (κ3) is 4.57. The van der Waals surface area contributed by atoms with Gasteiger partial charge in [0.15, 0.2) is 5.84 Å². The monoisotopic (exact) mass is 297 g/mol. The minimum Gasteiger partial charge on any atom is -0.409 e. The minimum absolute atomic E-state index is 0.234. The zero-order valence-electron chi connectivity index (χ0n) is 12.0. The van der Waals surface area contributed by atoms with Crippen LogP contribution >= 0.6 is 0 Å². The molecular weight excluding hydrogens is 275 g/mol. The lowest BCUT2D eigenvalue weighted by Crippen LogP contribution is -2.52. The number of hydrogen-bond acceptors (Lipinski definition) is 3. The quantitative estimate of drug-likeness (QED) is 0.327. The fraction of sp³-hybridized carbons (Fsp3) is 0.833. The lowest BCUT2D eigenvalue weighted by Gasteiger charge is -2.34. The van der Waals surface area contributed by atoms with Crippen molar-refractivity contribution in [1.82, 2.24) is 4.90 Å². The van der Waals surface area contributed by atoms with Gasteiger partial charge in [0.05, 0.1) is 0 Å².